The van der Waals surface area contributed by atoms with Gasteiger partial charge in [0.1, 0.15) is 12.9 Å². The molecule has 0 atom stereocenters. The number of aliphatic hydroxyl groups excluding tert-OH is 3. The molecule has 0 unspecified atom stereocenters. The van der Waals surface area contributed by atoms with Gasteiger partial charge < -0.3 is 25.2 Å². The molecule has 0 heterocycles. The predicted molar refractivity (Wildman–Crippen MR) is 114 cm³/mol. The fourth-order valence-electron chi connectivity index (χ4n) is 2.71. The van der Waals surface area contributed by atoms with Crippen LogP contribution in [0.15, 0.2) is 0 Å². The van der Waals surface area contributed by atoms with Gasteiger partial charge in [0.25, 0.3) is 0 Å². The molecule has 0 aromatic carbocycles. The van der Waals surface area contributed by atoms with E-state index in [0.717, 1.165) is 12.8 Å². The number of hydrogen-bond acceptors (Lipinski definition) is 5. The molecule has 0 aliphatic heterocycles. The van der Waals surface area contributed by atoms with Crippen molar-refractivity contribution in [1.82, 2.24) is 0 Å². The highest BCUT2D eigenvalue weighted by Crippen LogP contribution is 2.13. The normalized spacial score (nSPS) is 10.0. The van der Waals surface area contributed by atoms with Gasteiger partial charge in [-0.3, -0.25) is 4.79 Å². The Kier molecular flexibility index (Phi) is 34.8. The second-order valence-electron chi connectivity index (χ2n) is 7.11. The lowest BCUT2D eigenvalue weighted by Crippen LogP contribution is -2.15. The van der Waals surface area contributed by atoms with Crippen LogP contribution < -0.4 is 0 Å². The summed E-state index contributed by atoms with van der Waals surface area (Å²) < 4.78 is 0. The Labute approximate surface area is 172 Å². The number of aliphatic hydroxyl groups is 3. The summed E-state index contributed by atoms with van der Waals surface area (Å²) in [7, 11) is 0. The monoisotopic (exact) mass is 406 g/mol. The minimum Gasteiger partial charge on any atom is -0.481 e. The first kappa shape index (κ1) is 31.7. The third kappa shape index (κ3) is 36.0. The van der Waals surface area contributed by atoms with Gasteiger partial charge in [-0.05, 0) is 6.42 Å². The number of aliphatic carboxylic acids is 1. The van der Waals surface area contributed by atoms with Crippen LogP contribution in [0.2, 0.25) is 0 Å². The Morgan fingerprint density at radius 1 is 0.679 bits per heavy atom. The van der Waals surface area contributed by atoms with E-state index in [9.17, 15) is 4.79 Å². The summed E-state index contributed by atoms with van der Waals surface area (Å²) >= 11 is 0. The molecular formula is C22H46O6. The number of carbonyl (C=O) groups is 2. The zero-order valence-electron chi connectivity index (χ0n) is 18.1. The van der Waals surface area contributed by atoms with Crippen molar-refractivity contribution in [2.75, 3.05) is 13.2 Å². The molecule has 6 heteroatoms. The van der Waals surface area contributed by atoms with Crippen molar-refractivity contribution in [3.63, 3.8) is 0 Å². The molecule has 4 N–H and O–H groups in total. The van der Waals surface area contributed by atoms with Gasteiger partial charge in [0.2, 0.25) is 0 Å². The molecule has 6 nitrogen and oxygen atoms in total. The summed E-state index contributed by atoms with van der Waals surface area (Å²) in [4.78, 5) is 18.3. The number of carboxylic acids is 1. The second-order valence-corrected chi connectivity index (χ2v) is 7.11. The highest BCUT2D eigenvalue weighted by atomic mass is 16.4. The molecule has 0 fully saturated rings. The molecule has 170 valence electrons. The molecule has 0 spiro atoms. The van der Waals surface area contributed by atoms with Crippen LogP contribution >= 0.6 is 0 Å². The smallest absolute Gasteiger partial charge is 0.303 e. The summed E-state index contributed by atoms with van der Waals surface area (Å²) in [5.41, 5.74) is 0. The van der Waals surface area contributed by atoms with Crippen molar-refractivity contribution in [2.45, 2.75) is 116 Å². The van der Waals surface area contributed by atoms with E-state index in [1.807, 2.05) is 6.79 Å². The van der Waals surface area contributed by atoms with Crippen LogP contribution in [0.25, 0.3) is 0 Å². The summed E-state index contributed by atoms with van der Waals surface area (Å²) in [5, 5.41) is 32.5. The zero-order chi connectivity index (χ0) is 21.9. The molecule has 0 radical (unpaired) electrons. The molecule has 0 saturated carbocycles. The van der Waals surface area contributed by atoms with Gasteiger partial charge in [-0.2, -0.15) is 0 Å². The van der Waals surface area contributed by atoms with Crippen LogP contribution in [0.3, 0.4) is 0 Å². The minimum absolute atomic E-state index is 0.345. The average molecular weight is 407 g/mol. The summed E-state index contributed by atoms with van der Waals surface area (Å²) in [6.45, 7) is 3.54. The van der Waals surface area contributed by atoms with Crippen LogP contribution in [-0.4, -0.2) is 52.5 Å². The fraction of sp³-hybridized carbons (Fsp3) is 0.909. The maximum Gasteiger partial charge on any atom is 0.303 e. The Bertz CT molecular complexity index is 282. The topological polar surface area (TPSA) is 115 Å². The van der Waals surface area contributed by atoms with Gasteiger partial charge in [-0.15, -0.1) is 0 Å². The number of rotatable bonds is 18. The summed E-state index contributed by atoms with van der Waals surface area (Å²) in [5.74, 6) is -0.653. The van der Waals surface area contributed by atoms with E-state index >= 15 is 0 Å². The standard InChI is InChI=1S/C18H36O2.C3H8O3.CH2O/c1-2-3-4-5-6-7-8-9-10-11-12-13-14-15-16-17-18(19)20;4-1-3(6)2-5;1-2/h2-17H2,1H3,(H,19,20);3-6H,1-2H2;1H2. The Morgan fingerprint density at radius 3 is 1.18 bits per heavy atom. The molecule has 0 bridgehead atoms. The maximum atomic E-state index is 10.3. The van der Waals surface area contributed by atoms with Gasteiger partial charge in [-0.25, -0.2) is 0 Å². The van der Waals surface area contributed by atoms with Crippen molar-refractivity contribution in [1.29, 1.82) is 0 Å². The fourth-order valence-corrected chi connectivity index (χ4v) is 2.71. The molecule has 0 aliphatic rings. The van der Waals surface area contributed by atoms with E-state index in [4.69, 9.17) is 25.2 Å². The predicted octanol–water partition coefficient (Wildman–Crippen LogP) is 4.48. The first-order valence-corrected chi connectivity index (χ1v) is 11.0. The van der Waals surface area contributed by atoms with E-state index < -0.39 is 12.1 Å². The summed E-state index contributed by atoms with van der Waals surface area (Å²) in [6.07, 6.45) is 19.2. The van der Waals surface area contributed by atoms with Crippen molar-refractivity contribution in [3.05, 3.63) is 0 Å². The zero-order valence-corrected chi connectivity index (χ0v) is 18.1. The number of carbonyl (C=O) groups excluding carboxylic acids is 1. The van der Waals surface area contributed by atoms with Crippen molar-refractivity contribution >= 4 is 12.8 Å². The Hall–Kier alpha value is -0.980. The van der Waals surface area contributed by atoms with E-state index in [-0.39, 0.29) is 13.2 Å². The van der Waals surface area contributed by atoms with Crippen molar-refractivity contribution in [2.24, 2.45) is 0 Å². The van der Waals surface area contributed by atoms with Gasteiger partial charge in [0.05, 0.1) is 13.2 Å². The lowest BCUT2D eigenvalue weighted by molar-refractivity contribution is -0.137. The first-order valence-electron chi connectivity index (χ1n) is 11.0. The van der Waals surface area contributed by atoms with Gasteiger partial charge in [-0.1, -0.05) is 96.8 Å². The molecule has 0 rings (SSSR count). The Morgan fingerprint density at radius 2 is 0.964 bits per heavy atom. The lowest BCUT2D eigenvalue weighted by Gasteiger charge is -2.03. The highest BCUT2D eigenvalue weighted by Gasteiger charge is 1.97. The quantitative estimate of drug-likeness (QED) is 0.249. The number of unbranched alkanes of at least 4 members (excludes halogenated alkanes) is 14. The van der Waals surface area contributed by atoms with E-state index in [1.165, 1.54) is 83.5 Å². The first-order chi connectivity index (χ1) is 13.6. The van der Waals surface area contributed by atoms with E-state index in [1.54, 1.807) is 0 Å². The van der Waals surface area contributed by atoms with Gasteiger partial charge in [0.15, 0.2) is 0 Å². The SMILES string of the molecule is C=O.CCCCCCCCCCCCCCCCCC(=O)O.OCC(O)CO. The van der Waals surface area contributed by atoms with Crippen LogP contribution in [0.1, 0.15) is 110 Å². The number of carboxylic acid groups (broad SMARTS) is 1. The molecule has 0 aliphatic carbocycles. The second kappa shape index (κ2) is 30.7. The summed E-state index contributed by atoms with van der Waals surface area (Å²) in [6, 6.07) is 0. The van der Waals surface area contributed by atoms with Crippen molar-refractivity contribution < 1.29 is 30.0 Å². The molecule has 28 heavy (non-hydrogen) atoms. The average Bonchev–Trinajstić information content (AvgIpc) is 2.72. The molecule has 0 aromatic heterocycles. The van der Waals surface area contributed by atoms with E-state index in [2.05, 4.69) is 6.92 Å². The van der Waals surface area contributed by atoms with Crippen LogP contribution in [0.5, 0.6) is 0 Å². The Balaban J connectivity index is -0.000000660. The molecule has 0 amide bonds. The van der Waals surface area contributed by atoms with E-state index in [0.29, 0.717) is 6.42 Å². The largest absolute Gasteiger partial charge is 0.481 e. The van der Waals surface area contributed by atoms with Crippen molar-refractivity contribution in [3.8, 4) is 0 Å². The third-order valence-electron chi connectivity index (χ3n) is 4.42. The van der Waals surface area contributed by atoms with Crippen LogP contribution in [0.4, 0.5) is 0 Å². The molecular weight excluding hydrogens is 360 g/mol. The number of hydrogen-bond donors (Lipinski definition) is 4. The molecule has 0 aromatic rings. The highest BCUT2D eigenvalue weighted by molar-refractivity contribution is 5.66. The minimum atomic E-state index is -0.954. The van der Waals surface area contributed by atoms with Gasteiger partial charge >= 0.3 is 5.97 Å². The maximum absolute atomic E-state index is 10.3. The third-order valence-corrected chi connectivity index (χ3v) is 4.42. The van der Waals surface area contributed by atoms with Gasteiger partial charge in [0, 0.05) is 6.42 Å². The van der Waals surface area contributed by atoms with Crippen LogP contribution in [-0.2, 0) is 9.59 Å². The lowest BCUT2D eigenvalue weighted by atomic mass is 10.0. The van der Waals surface area contributed by atoms with Crippen LogP contribution in [0, 0.1) is 0 Å². The molecule has 0 saturated heterocycles.